The molecule has 0 amide bonds. The molecular formula is C14H10N2OS. The van der Waals surface area contributed by atoms with Crippen LogP contribution in [-0.4, -0.2) is 15.8 Å². The maximum atomic E-state index is 12.4. The fraction of sp³-hybridized carbons (Fsp3) is 0.0714. The lowest BCUT2D eigenvalue weighted by Gasteiger charge is -2.03. The van der Waals surface area contributed by atoms with Gasteiger partial charge in [0.25, 0.3) is 0 Å². The third kappa shape index (κ3) is 1.80. The zero-order chi connectivity index (χ0) is 12.5. The zero-order valence-corrected chi connectivity index (χ0v) is 10.6. The molecule has 3 aromatic rings. The number of nitrogens with zero attached hydrogens (tertiary/aromatic N) is 2. The van der Waals surface area contributed by atoms with Crippen molar-refractivity contribution in [3.8, 4) is 0 Å². The minimum Gasteiger partial charge on any atom is -0.288 e. The average Bonchev–Trinajstić information content (AvgIpc) is 2.84. The summed E-state index contributed by atoms with van der Waals surface area (Å²) >= 11 is 1.42. The number of pyridine rings is 1. The molecule has 2 aromatic heterocycles. The lowest BCUT2D eigenvalue weighted by Crippen LogP contribution is -1.99. The number of ketones is 1. The van der Waals surface area contributed by atoms with E-state index in [-0.39, 0.29) is 5.78 Å². The second-order valence-corrected chi connectivity index (χ2v) is 5.21. The molecule has 0 unspecified atom stereocenters. The normalized spacial score (nSPS) is 10.7. The Morgan fingerprint density at radius 3 is 2.89 bits per heavy atom. The topological polar surface area (TPSA) is 42.9 Å². The first kappa shape index (κ1) is 11.0. The first-order valence-electron chi connectivity index (χ1n) is 5.55. The molecule has 0 spiro atoms. The van der Waals surface area contributed by atoms with Crippen LogP contribution in [0.3, 0.4) is 0 Å². The van der Waals surface area contributed by atoms with E-state index < -0.39 is 0 Å². The van der Waals surface area contributed by atoms with Crippen LogP contribution in [0.1, 0.15) is 20.2 Å². The van der Waals surface area contributed by atoms with Crippen LogP contribution in [0, 0.1) is 6.92 Å². The van der Waals surface area contributed by atoms with Crippen LogP contribution in [0.5, 0.6) is 0 Å². The number of carbonyl (C=O) groups is 1. The number of carbonyl (C=O) groups excluding carboxylic acids is 1. The number of fused-ring (bicyclic) bond motifs is 1. The molecular weight excluding hydrogens is 244 g/mol. The van der Waals surface area contributed by atoms with Crippen molar-refractivity contribution in [1.82, 2.24) is 9.97 Å². The van der Waals surface area contributed by atoms with Crippen LogP contribution < -0.4 is 0 Å². The largest absolute Gasteiger partial charge is 0.288 e. The number of thiazole rings is 1. The summed E-state index contributed by atoms with van der Waals surface area (Å²) in [6, 6.07) is 7.55. The second-order valence-electron chi connectivity index (χ2n) is 3.98. The van der Waals surface area contributed by atoms with Crippen molar-refractivity contribution in [1.29, 1.82) is 0 Å². The number of hydrogen-bond acceptors (Lipinski definition) is 4. The van der Waals surface area contributed by atoms with Crippen molar-refractivity contribution >= 4 is 27.9 Å². The van der Waals surface area contributed by atoms with Crippen molar-refractivity contribution in [2.24, 2.45) is 0 Å². The van der Waals surface area contributed by atoms with Gasteiger partial charge in [0.15, 0.2) is 0 Å². The van der Waals surface area contributed by atoms with Gasteiger partial charge in [0.2, 0.25) is 5.78 Å². The van der Waals surface area contributed by atoms with E-state index in [1.54, 1.807) is 18.6 Å². The molecule has 0 radical (unpaired) electrons. The summed E-state index contributed by atoms with van der Waals surface area (Å²) in [5.74, 6) is 0.0254. The first-order valence-corrected chi connectivity index (χ1v) is 6.37. The third-order valence-corrected chi connectivity index (χ3v) is 3.68. The van der Waals surface area contributed by atoms with Crippen molar-refractivity contribution in [3.05, 3.63) is 58.3 Å². The molecule has 0 fully saturated rings. The highest BCUT2D eigenvalue weighted by Gasteiger charge is 2.14. The molecule has 0 atom stereocenters. The van der Waals surface area contributed by atoms with Crippen LogP contribution in [-0.2, 0) is 0 Å². The standard InChI is InChI=1S/C14H10N2OS/c1-9-16-8-13(18-9)14(17)12-4-2-3-10-7-15-6-5-11(10)12/h2-8H,1H3. The van der Waals surface area contributed by atoms with Crippen LogP contribution in [0.2, 0.25) is 0 Å². The lowest BCUT2D eigenvalue weighted by molar-refractivity contribution is 0.104. The van der Waals surface area contributed by atoms with E-state index in [4.69, 9.17) is 0 Å². The summed E-state index contributed by atoms with van der Waals surface area (Å²) < 4.78 is 0. The molecule has 88 valence electrons. The predicted molar refractivity (Wildman–Crippen MR) is 72.0 cm³/mol. The van der Waals surface area contributed by atoms with Gasteiger partial charge >= 0.3 is 0 Å². The number of rotatable bonds is 2. The monoisotopic (exact) mass is 254 g/mol. The van der Waals surface area contributed by atoms with E-state index in [0.29, 0.717) is 10.4 Å². The van der Waals surface area contributed by atoms with Crippen LogP contribution in [0.4, 0.5) is 0 Å². The Kier molecular flexibility index (Phi) is 2.64. The van der Waals surface area contributed by atoms with E-state index in [1.165, 1.54) is 11.3 Å². The maximum Gasteiger partial charge on any atom is 0.205 e. The van der Waals surface area contributed by atoms with Crippen molar-refractivity contribution < 1.29 is 4.79 Å². The lowest BCUT2D eigenvalue weighted by atomic mass is 10.0. The van der Waals surface area contributed by atoms with Gasteiger partial charge in [-0.15, -0.1) is 11.3 Å². The van der Waals surface area contributed by atoms with Gasteiger partial charge in [0.1, 0.15) is 0 Å². The van der Waals surface area contributed by atoms with E-state index in [1.807, 2.05) is 31.2 Å². The smallest absolute Gasteiger partial charge is 0.205 e. The number of aryl methyl sites for hydroxylation is 1. The number of aromatic nitrogens is 2. The molecule has 2 heterocycles. The highest BCUT2D eigenvalue weighted by Crippen LogP contribution is 2.23. The first-order chi connectivity index (χ1) is 8.75. The number of benzene rings is 1. The van der Waals surface area contributed by atoms with Gasteiger partial charge in [-0.1, -0.05) is 18.2 Å². The Hall–Kier alpha value is -2.07. The van der Waals surface area contributed by atoms with Gasteiger partial charge in [-0.05, 0) is 18.4 Å². The molecule has 0 bridgehead atoms. The van der Waals surface area contributed by atoms with E-state index in [9.17, 15) is 4.79 Å². The Labute approximate surface area is 108 Å². The molecule has 1 aromatic carbocycles. The highest BCUT2D eigenvalue weighted by atomic mass is 32.1. The highest BCUT2D eigenvalue weighted by molar-refractivity contribution is 7.13. The van der Waals surface area contributed by atoms with Crippen LogP contribution >= 0.6 is 11.3 Å². The van der Waals surface area contributed by atoms with Crippen molar-refractivity contribution in [3.63, 3.8) is 0 Å². The maximum absolute atomic E-state index is 12.4. The molecule has 4 heteroatoms. The van der Waals surface area contributed by atoms with Gasteiger partial charge in [0.05, 0.1) is 9.88 Å². The van der Waals surface area contributed by atoms with Gasteiger partial charge in [-0.2, -0.15) is 0 Å². The molecule has 3 rings (SSSR count). The molecule has 0 aliphatic rings. The summed E-state index contributed by atoms with van der Waals surface area (Å²) in [6.07, 6.45) is 5.11. The predicted octanol–water partition coefficient (Wildman–Crippen LogP) is 3.23. The van der Waals surface area contributed by atoms with E-state index >= 15 is 0 Å². The molecule has 0 aliphatic heterocycles. The van der Waals surface area contributed by atoms with E-state index in [2.05, 4.69) is 9.97 Å². The molecule has 3 nitrogen and oxygen atoms in total. The average molecular weight is 254 g/mol. The fourth-order valence-electron chi connectivity index (χ4n) is 1.92. The van der Waals surface area contributed by atoms with Gasteiger partial charge in [-0.3, -0.25) is 9.78 Å². The second kappa shape index (κ2) is 4.31. The molecule has 0 saturated carbocycles. The van der Waals surface area contributed by atoms with Crippen molar-refractivity contribution in [2.75, 3.05) is 0 Å². The van der Waals surface area contributed by atoms with Crippen LogP contribution in [0.15, 0.2) is 42.9 Å². The van der Waals surface area contributed by atoms with Gasteiger partial charge < -0.3 is 0 Å². The Morgan fingerprint density at radius 1 is 1.22 bits per heavy atom. The Bertz CT molecular complexity index is 728. The number of hydrogen-bond donors (Lipinski definition) is 0. The van der Waals surface area contributed by atoms with E-state index in [0.717, 1.165) is 15.8 Å². The molecule has 0 N–H and O–H groups in total. The minimum atomic E-state index is 0.0254. The summed E-state index contributed by atoms with van der Waals surface area (Å²) in [7, 11) is 0. The quantitative estimate of drug-likeness (QED) is 0.659. The SMILES string of the molecule is Cc1ncc(C(=O)c2cccc3cnccc23)s1. The third-order valence-electron chi connectivity index (χ3n) is 2.77. The zero-order valence-electron chi connectivity index (χ0n) is 9.75. The molecule has 0 saturated heterocycles. The van der Waals surface area contributed by atoms with Gasteiger partial charge in [0, 0.05) is 29.5 Å². The van der Waals surface area contributed by atoms with Gasteiger partial charge in [-0.25, -0.2) is 4.98 Å². The Balaban J connectivity index is 2.17. The van der Waals surface area contributed by atoms with Crippen LogP contribution in [0.25, 0.3) is 10.8 Å². The summed E-state index contributed by atoms with van der Waals surface area (Å²) in [6.45, 7) is 1.90. The molecule has 0 aliphatic carbocycles. The Morgan fingerprint density at radius 2 is 2.11 bits per heavy atom. The summed E-state index contributed by atoms with van der Waals surface area (Å²) in [4.78, 5) is 21.3. The molecule has 18 heavy (non-hydrogen) atoms. The summed E-state index contributed by atoms with van der Waals surface area (Å²) in [5, 5.41) is 2.81. The fourth-order valence-corrected chi connectivity index (χ4v) is 2.65. The van der Waals surface area contributed by atoms with Crippen molar-refractivity contribution in [2.45, 2.75) is 6.92 Å². The minimum absolute atomic E-state index is 0.0254. The summed E-state index contributed by atoms with van der Waals surface area (Å²) in [5.41, 5.74) is 0.707.